The van der Waals surface area contributed by atoms with Crippen LogP contribution < -0.4 is 10.1 Å². The molecule has 30 heavy (non-hydrogen) atoms. The van der Waals surface area contributed by atoms with Crippen LogP contribution in [0.2, 0.25) is 5.02 Å². The number of amides is 1. The van der Waals surface area contributed by atoms with Gasteiger partial charge in [0, 0.05) is 28.7 Å². The van der Waals surface area contributed by atoms with Gasteiger partial charge in [0.1, 0.15) is 17.3 Å². The lowest BCUT2D eigenvalue weighted by molar-refractivity contribution is -0.121. The van der Waals surface area contributed by atoms with E-state index in [1.165, 1.54) is 0 Å². The molecule has 5 nitrogen and oxygen atoms in total. The second-order valence-electron chi connectivity index (χ2n) is 6.69. The number of rotatable bonds is 7. The molecular formula is C23H20ClN3O2S. The van der Waals surface area contributed by atoms with E-state index in [9.17, 15) is 4.79 Å². The minimum Gasteiger partial charge on any atom is -0.497 e. The van der Waals surface area contributed by atoms with Crippen LogP contribution in [0, 0.1) is 0 Å². The summed E-state index contributed by atoms with van der Waals surface area (Å²) in [5, 5.41) is 6.53. The van der Waals surface area contributed by atoms with Crippen molar-refractivity contribution in [3.63, 3.8) is 0 Å². The molecule has 1 N–H and O–H groups in total. The van der Waals surface area contributed by atoms with Crippen LogP contribution in [0.15, 0.2) is 72.2 Å². The summed E-state index contributed by atoms with van der Waals surface area (Å²) < 4.78 is 7.13. The van der Waals surface area contributed by atoms with Gasteiger partial charge in [-0.2, -0.15) is 0 Å². The van der Waals surface area contributed by atoms with Gasteiger partial charge in [-0.05, 0) is 42.0 Å². The molecule has 0 saturated heterocycles. The van der Waals surface area contributed by atoms with E-state index in [1.807, 2.05) is 76.8 Å². The van der Waals surface area contributed by atoms with E-state index in [2.05, 4.69) is 5.32 Å². The van der Waals surface area contributed by atoms with Gasteiger partial charge in [0.05, 0.1) is 18.5 Å². The van der Waals surface area contributed by atoms with Gasteiger partial charge < -0.3 is 14.6 Å². The van der Waals surface area contributed by atoms with Gasteiger partial charge in [0.25, 0.3) is 0 Å². The third kappa shape index (κ3) is 4.72. The van der Waals surface area contributed by atoms with Crippen molar-refractivity contribution in [3.8, 4) is 27.7 Å². The summed E-state index contributed by atoms with van der Waals surface area (Å²) in [4.78, 5) is 17.2. The number of thiazole rings is 1. The summed E-state index contributed by atoms with van der Waals surface area (Å²) in [7, 11) is 1.63. The number of carbonyl (C=O) groups excluding carboxylic acids is 1. The topological polar surface area (TPSA) is 56.1 Å². The zero-order valence-electron chi connectivity index (χ0n) is 16.3. The Labute approximate surface area is 183 Å². The van der Waals surface area contributed by atoms with Crippen molar-refractivity contribution >= 4 is 28.8 Å². The van der Waals surface area contributed by atoms with E-state index >= 15 is 0 Å². The fourth-order valence-electron chi connectivity index (χ4n) is 3.08. The van der Waals surface area contributed by atoms with Gasteiger partial charge in [-0.1, -0.05) is 35.9 Å². The van der Waals surface area contributed by atoms with Crippen LogP contribution in [-0.4, -0.2) is 22.6 Å². The van der Waals surface area contributed by atoms with Crippen LogP contribution in [0.5, 0.6) is 5.75 Å². The number of carbonyl (C=O) groups is 1. The zero-order valence-corrected chi connectivity index (χ0v) is 17.9. The first-order valence-corrected chi connectivity index (χ1v) is 10.6. The van der Waals surface area contributed by atoms with Crippen molar-refractivity contribution in [2.75, 3.05) is 7.11 Å². The van der Waals surface area contributed by atoms with E-state index in [-0.39, 0.29) is 12.5 Å². The molecule has 0 aliphatic heterocycles. The predicted octanol–water partition coefficient (Wildman–Crippen LogP) is 5.26. The van der Waals surface area contributed by atoms with Crippen LogP contribution >= 0.6 is 22.9 Å². The third-order valence-corrected chi connectivity index (χ3v) is 5.75. The molecule has 2 aromatic carbocycles. The van der Waals surface area contributed by atoms with Crippen molar-refractivity contribution in [2.24, 2.45) is 0 Å². The first-order chi connectivity index (χ1) is 14.6. The minimum atomic E-state index is -0.0650. The molecule has 0 aliphatic carbocycles. The number of aromatic nitrogens is 2. The Hall–Kier alpha value is -3.09. The Morgan fingerprint density at radius 2 is 2.00 bits per heavy atom. The smallest absolute Gasteiger partial charge is 0.240 e. The standard InChI is InChI=1S/C23H20ClN3O2S/c1-29-19-5-2-4-16(12-19)13-25-22(28)14-27-11-3-6-21(27)23-26-20(15-30-23)17-7-9-18(24)10-8-17/h2-12,15H,13-14H2,1H3,(H,25,28). The van der Waals surface area contributed by atoms with Gasteiger partial charge >= 0.3 is 0 Å². The number of methoxy groups -OCH3 is 1. The highest BCUT2D eigenvalue weighted by Gasteiger charge is 2.12. The van der Waals surface area contributed by atoms with Gasteiger partial charge in [0.15, 0.2) is 0 Å². The molecule has 0 aliphatic rings. The summed E-state index contributed by atoms with van der Waals surface area (Å²) >= 11 is 7.52. The molecule has 2 aromatic heterocycles. The first kappa shape index (κ1) is 20.2. The molecule has 0 bridgehead atoms. The monoisotopic (exact) mass is 437 g/mol. The number of ether oxygens (including phenoxy) is 1. The van der Waals surface area contributed by atoms with E-state index in [4.69, 9.17) is 21.3 Å². The fourth-order valence-corrected chi connectivity index (χ4v) is 4.08. The highest BCUT2D eigenvalue weighted by atomic mass is 35.5. The molecule has 0 atom stereocenters. The van der Waals surface area contributed by atoms with Gasteiger partial charge in [0.2, 0.25) is 5.91 Å². The summed E-state index contributed by atoms with van der Waals surface area (Å²) in [6.07, 6.45) is 1.89. The van der Waals surface area contributed by atoms with E-state index in [1.54, 1.807) is 18.4 Å². The largest absolute Gasteiger partial charge is 0.497 e. The number of hydrogen-bond acceptors (Lipinski definition) is 4. The summed E-state index contributed by atoms with van der Waals surface area (Å²) in [5.41, 5.74) is 3.80. The summed E-state index contributed by atoms with van der Waals surface area (Å²) in [6.45, 7) is 0.673. The number of nitrogens with one attached hydrogen (secondary N) is 1. The lowest BCUT2D eigenvalue weighted by Gasteiger charge is -2.09. The molecular weight excluding hydrogens is 418 g/mol. The molecule has 0 spiro atoms. The van der Waals surface area contributed by atoms with Gasteiger partial charge in [-0.15, -0.1) is 11.3 Å². The maximum absolute atomic E-state index is 12.5. The maximum atomic E-state index is 12.5. The van der Waals surface area contributed by atoms with E-state index in [0.717, 1.165) is 33.3 Å². The Morgan fingerprint density at radius 1 is 1.17 bits per heavy atom. The van der Waals surface area contributed by atoms with Crippen molar-refractivity contribution < 1.29 is 9.53 Å². The van der Waals surface area contributed by atoms with Crippen molar-refractivity contribution in [3.05, 3.63) is 82.8 Å². The molecule has 0 saturated carbocycles. The molecule has 4 aromatic rings. The normalized spacial score (nSPS) is 10.7. The molecule has 4 rings (SSSR count). The second-order valence-corrected chi connectivity index (χ2v) is 7.99. The SMILES string of the molecule is COc1cccc(CNC(=O)Cn2cccc2-c2nc(-c3ccc(Cl)cc3)cs2)c1. The molecule has 7 heteroatoms. The Kier molecular flexibility index (Phi) is 6.16. The molecule has 2 heterocycles. The fraction of sp³-hybridized carbons (Fsp3) is 0.130. The number of nitrogens with zero attached hydrogens (tertiary/aromatic N) is 2. The van der Waals surface area contributed by atoms with Crippen LogP contribution in [0.3, 0.4) is 0 Å². The van der Waals surface area contributed by atoms with E-state index < -0.39 is 0 Å². The summed E-state index contributed by atoms with van der Waals surface area (Å²) in [5.74, 6) is 0.708. The van der Waals surface area contributed by atoms with Crippen molar-refractivity contribution in [1.29, 1.82) is 0 Å². The summed E-state index contributed by atoms with van der Waals surface area (Å²) in [6, 6.07) is 19.2. The molecule has 152 valence electrons. The Morgan fingerprint density at radius 3 is 2.80 bits per heavy atom. The highest BCUT2D eigenvalue weighted by Crippen LogP contribution is 2.29. The lowest BCUT2D eigenvalue weighted by Crippen LogP contribution is -2.27. The van der Waals surface area contributed by atoms with Crippen LogP contribution in [0.4, 0.5) is 0 Å². The van der Waals surface area contributed by atoms with E-state index in [0.29, 0.717) is 11.6 Å². The number of hydrogen-bond donors (Lipinski definition) is 1. The van der Waals surface area contributed by atoms with Crippen molar-refractivity contribution in [2.45, 2.75) is 13.1 Å². The first-order valence-electron chi connectivity index (χ1n) is 9.39. The minimum absolute atomic E-state index is 0.0650. The number of halogens is 1. The van der Waals surface area contributed by atoms with Crippen LogP contribution in [0.25, 0.3) is 22.0 Å². The molecule has 1 amide bonds. The average molecular weight is 438 g/mol. The molecule has 0 unspecified atom stereocenters. The quantitative estimate of drug-likeness (QED) is 0.429. The molecule has 0 fully saturated rings. The lowest BCUT2D eigenvalue weighted by atomic mass is 10.2. The average Bonchev–Trinajstić information content (AvgIpc) is 3.42. The van der Waals surface area contributed by atoms with Gasteiger partial charge in [-0.25, -0.2) is 4.98 Å². The predicted molar refractivity (Wildman–Crippen MR) is 121 cm³/mol. The number of benzene rings is 2. The Bertz CT molecular complexity index is 1150. The maximum Gasteiger partial charge on any atom is 0.240 e. The van der Waals surface area contributed by atoms with Crippen molar-refractivity contribution in [1.82, 2.24) is 14.9 Å². The third-order valence-electron chi connectivity index (χ3n) is 4.63. The van der Waals surface area contributed by atoms with Crippen LogP contribution in [0.1, 0.15) is 5.56 Å². The highest BCUT2D eigenvalue weighted by molar-refractivity contribution is 7.13. The van der Waals surface area contributed by atoms with Crippen LogP contribution in [-0.2, 0) is 17.9 Å². The van der Waals surface area contributed by atoms with Gasteiger partial charge in [-0.3, -0.25) is 4.79 Å². The second kappa shape index (κ2) is 9.15. The molecule has 0 radical (unpaired) electrons. The zero-order chi connectivity index (χ0) is 20.9. The Balaban J connectivity index is 1.43.